The molecule has 4 rings (SSSR count). The van der Waals surface area contributed by atoms with Gasteiger partial charge in [-0.25, -0.2) is 8.42 Å². The molecule has 1 aliphatic carbocycles. The third-order valence-corrected chi connectivity index (χ3v) is 7.83. The van der Waals surface area contributed by atoms with Crippen molar-refractivity contribution in [2.75, 3.05) is 26.2 Å². The average Bonchev–Trinajstić information content (AvgIpc) is 3.34. The quantitative estimate of drug-likeness (QED) is 0.873. The van der Waals surface area contributed by atoms with E-state index >= 15 is 0 Å². The number of rotatable bonds is 4. The largest absolute Gasteiger partial charge is 0.507 e. The van der Waals surface area contributed by atoms with Gasteiger partial charge in [-0.3, -0.25) is 4.79 Å². The first kappa shape index (κ1) is 17.8. The Hall–Kier alpha value is -1.60. The number of hydrogen-bond acceptors (Lipinski definition) is 4. The molecule has 0 radical (unpaired) electrons. The molecular weight excluding hydrogens is 352 g/mol. The van der Waals surface area contributed by atoms with Crippen molar-refractivity contribution in [3.05, 3.63) is 23.8 Å². The van der Waals surface area contributed by atoms with E-state index in [1.807, 2.05) is 0 Å². The number of carbonyl (C=O) groups excluding carboxylic acids is 1. The van der Waals surface area contributed by atoms with Crippen molar-refractivity contribution in [1.29, 1.82) is 0 Å². The molecule has 142 valence electrons. The maximum Gasteiger partial charge on any atom is 0.257 e. The number of likely N-dealkylation sites (tertiary alicyclic amines) is 1. The van der Waals surface area contributed by atoms with Gasteiger partial charge in [-0.2, -0.15) is 4.31 Å². The van der Waals surface area contributed by atoms with Gasteiger partial charge >= 0.3 is 0 Å². The summed E-state index contributed by atoms with van der Waals surface area (Å²) in [4.78, 5) is 14.8. The van der Waals surface area contributed by atoms with Gasteiger partial charge < -0.3 is 10.0 Å². The molecule has 0 aromatic heterocycles. The van der Waals surface area contributed by atoms with Gasteiger partial charge in [0.05, 0.1) is 10.5 Å². The molecule has 1 unspecified atom stereocenters. The Morgan fingerprint density at radius 1 is 1.00 bits per heavy atom. The van der Waals surface area contributed by atoms with Crippen LogP contribution in [0.5, 0.6) is 5.75 Å². The summed E-state index contributed by atoms with van der Waals surface area (Å²) in [5.41, 5.74) is 0.0988. The topological polar surface area (TPSA) is 77.9 Å². The standard InChI is InChI=1S/C19H26N2O4S/c22-18-8-7-16(26(24,25)21-10-1-2-11-21)12-17(18)19(23)20-9-3-4-15(13-20)14-5-6-14/h7-8,12,14-15,22H,1-6,9-11,13H2. The molecule has 3 fully saturated rings. The van der Waals surface area contributed by atoms with Crippen LogP contribution in [-0.2, 0) is 10.0 Å². The predicted octanol–water partition coefficient (Wildman–Crippen LogP) is 2.44. The molecule has 1 aromatic carbocycles. The highest BCUT2D eigenvalue weighted by Gasteiger charge is 2.36. The fourth-order valence-electron chi connectivity index (χ4n) is 4.24. The van der Waals surface area contributed by atoms with Crippen molar-refractivity contribution < 1.29 is 18.3 Å². The molecule has 1 atom stereocenters. The van der Waals surface area contributed by atoms with Crippen LogP contribution in [0.4, 0.5) is 0 Å². The average molecular weight is 378 g/mol. The number of amides is 1. The van der Waals surface area contributed by atoms with E-state index in [0.717, 1.165) is 31.6 Å². The highest BCUT2D eigenvalue weighted by Crippen LogP contribution is 2.41. The number of aromatic hydroxyl groups is 1. The van der Waals surface area contributed by atoms with Crippen LogP contribution in [0.2, 0.25) is 0 Å². The minimum atomic E-state index is -3.60. The molecular formula is C19H26N2O4S. The number of piperidine rings is 1. The molecule has 1 amide bonds. The van der Waals surface area contributed by atoms with Gasteiger partial charge in [-0.15, -0.1) is 0 Å². The van der Waals surface area contributed by atoms with Crippen molar-refractivity contribution in [3.63, 3.8) is 0 Å². The number of sulfonamides is 1. The maximum absolute atomic E-state index is 13.0. The third kappa shape index (κ3) is 3.34. The summed E-state index contributed by atoms with van der Waals surface area (Å²) >= 11 is 0. The van der Waals surface area contributed by atoms with Gasteiger partial charge in [0.2, 0.25) is 10.0 Å². The molecule has 7 heteroatoms. The highest BCUT2D eigenvalue weighted by atomic mass is 32.2. The maximum atomic E-state index is 13.0. The van der Waals surface area contributed by atoms with E-state index in [1.54, 1.807) is 4.90 Å². The van der Waals surface area contributed by atoms with Gasteiger partial charge in [-0.05, 0) is 68.6 Å². The Bertz CT molecular complexity index is 798. The lowest BCUT2D eigenvalue weighted by Crippen LogP contribution is -2.40. The molecule has 1 aromatic rings. The van der Waals surface area contributed by atoms with E-state index in [9.17, 15) is 18.3 Å². The molecule has 1 saturated carbocycles. The van der Waals surface area contributed by atoms with Gasteiger partial charge in [0.15, 0.2) is 0 Å². The van der Waals surface area contributed by atoms with Crippen LogP contribution in [0.25, 0.3) is 0 Å². The summed E-state index contributed by atoms with van der Waals surface area (Å²) in [6, 6.07) is 4.08. The van der Waals surface area contributed by atoms with E-state index in [1.165, 1.54) is 35.3 Å². The van der Waals surface area contributed by atoms with Crippen molar-refractivity contribution in [3.8, 4) is 5.75 Å². The zero-order chi connectivity index (χ0) is 18.3. The Balaban J connectivity index is 1.58. The fraction of sp³-hybridized carbons (Fsp3) is 0.632. The number of phenols is 1. The Labute approximate surface area is 154 Å². The lowest BCUT2D eigenvalue weighted by atomic mass is 9.93. The van der Waals surface area contributed by atoms with Crippen LogP contribution in [-0.4, -0.2) is 54.8 Å². The number of hydrogen-bond donors (Lipinski definition) is 1. The SMILES string of the molecule is O=C(c1cc(S(=O)(=O)N2CCCC2)ccc1O)N1CCCC(C2CC2)C1. The molecule has 0 spiro atoms. The number of phenolic OH excluding ortho intramolecular Hbond substituents is 1. The first-order valence-corrected chi connectivity index (χ1v) is 11.0. The van der Waals surface area contributed by atoms with Gasteiger partial charge in [0, 0.05) is 26.2 Å². The predicted molar refractivity (Wildman–Crippen MR) is 97.5 cm³/mol. The van der Waals surface area contributed by atoms with E-state index in [2.05, 4.69) is 0 Å². The summed E-state index contributed by atoms with van der Waals surface area (Å²) < 4.78 is 27.0. The van der Waals surface area contributed by atoms with Crippen LogP contribution >= 0.6 is 0 Å². The lowest BCUT2D eigenvalue weighted by molar-refractivity contribution is 0.0656. The minimum absolute atomic E-state index is 0.0938. The minimum Gasteiger partial charge on any atom is -0.507 e. The summed E-state index contributed by atoms with van der Waals surface area (Å²) in [5, 5.41) is 10.2. The van der Waals surface area contributed by atoms with Crippen molar-refractivity contribution >= 4 is 15.9 Å². The Kier molecular flexibility index (Phi) is 4.69. The molecule has 2 saturated heterocycles. The Morgan fingerprint density at radius 2 is 1.73 bits per heavy atom. The first-order chi connectivity index (χ1) is 12.5. The number of carbonyl (C=O) groups is 1. The molecule has 1 N–H and O–H groups in total. The summed E-state index contributed by atoms with van der Waals surface area (Å²) in [6.45, 7) is 2.42. The second-order valence-electron chi connectivity index (χ2n) is 7.78. The van der Waals surface area contributed by atoms with Gasteiger partial charge in [-0.1, -0.05) is 0 Å². The molecule has 3 aliphatic rings. The van der Waals surface area contributed by atoms with E-state index < -0.39 is 10.0 Å². The molecule has 26 heavy (non-hydrogen) atoms. The van der Waals surface area contributed by atoms with Crippen LogP contribution in [0.15, 0.2) is 23.1 Å². The number of nitrogens with zero attached hydrogens (tertiary/aromatic N) is 2. The second kappa shape index (κ2) is 6.85. The normalized spacial score (nSPS) is 24.8. The van der Waals surface area contributed by atoms with Crippen LogP contribution in [0, 0.1) is 11.8 Å². The summed E-state index contributed by atoms with van der Waals surface area (Å²) in [6.07, 6.45) is 6.35. The Morgan fingerprint density at radius 3 is 2.42 bits per heavy atom. The number of benzene rings is 1. The smallest absolute Gasteiger partial charge is 0.257 e. The summed E-state index contributed by atoms with van der Waals surface area (Å²) in [5.74, 6) is 0.877. The first-order valence-electron chi connectivity index (χ1n) is 9.59. The van der Waals surface area contributed by atoms with Gasteiger partial charge in [0.25, 0.3) is 5.91 Å². The zero-order valence-corrected chi connectivity index (χ0v) is 15.7. The van der Waals surface area contributed by atoms with Gasteiger partial charge in [0.1, 0.15) is 5.75 Å². The molecule has 2 aliphatic heterocycles. The van der Waals surface area contributed by atoms with E-state index in [-0.39, 0.29) is 22.1 Å². The van der Waals surface area contributed by atoms with Crippen molar-refractivity contribution in [1.82, 2.24) is 9.21 Å². The lowest BCUT2D eigenvalue weighted by Gasteiger charge is -2.33. The van der Waals surface area contributed by atoms with E-state index in [4.69, 9.17) is 0 Å². The monoisotopic (exact) mass is 378 g/mol. The second-order valence-corrected chi connectivity index (χ2v) is 9.72. The van der Waals surface area contributed by atoms with E-state index in [0.29, 0.717) is 32.1 Å². The van der Waals surface area contributed by atoms with Crippen LogP contribution in [0.1, 0.15) is 48.9 Å². The molecule has 0 bridgehead atoms. The van der Waals surface area contributed by atoms with Crippen molar-refractivity contribution in [2.45, 2.75) is 43.4 Å². The highest BCUT2D eigenvalue weighted by molar-refractivity contribution is 7.89. The van der Waals surface area contributed by atoms with Crippen molar-refractivity contribution in [2.24, 2.45) is 11.8 Å². The fourth-order valence-corrected chi connectivity index (χ4v) is 5.79. The van der Waals surface area contributed by atoms with Crippen LogP contribution in [0.3, 0.4) is 0 Å². The molecule has 2 heterocycles. The third-order valence-electron chi connectivity index (χ3n) is 5.93. The van der Waals surface area contributed by atoms with Crippen LogP contribution < -0.4 is 0 Å². The zero-order valence-electron chi connectivity index (χ0n) is 14.9. The summed E-state index contributed by atoms with van der Waals surface area (Å²) in [7, 11) is -3.60. The molecule has 6 nitrogen and oxygen atoms in total.